The third kappa shape index (κ3) is 5.25. The van der Waals surface area contributed by atoms with Crippen LogP contribution < -0.4 is 0 Å². The Hall–Kier alpha value is -1.19. The average molecular weight is 288 g/mol. The van der Waals surface area contributed by atoms with Crippen LogP contribution in [0.1, 0.15) is 35.2 Å². The molecule has 0 N–H and O–H groups in total. The Morgan fingerprint density at radius 3 is 2.48 bits per heavy atom. The molecule has 0 amide bonds. The molecule has 0 saturated carbocycles. The summed E-state index contributed by atoms with van der Waals surface area (Å²) < 4.78 is 0. The summed E-state index contributed by atoms with van der Waals surface area (Å²) in [6.45, 7) is 6.44. The maximum Gasteiger partial charge on any atom is 0.164 e. The molecule has 1 aliphatic heterocycles. The van der Waals surface area contributed by atoms with E-state index in [0.29, 0.717) is 6.42 Å². The van der Waals surface area contributed by atoms with Crippen LogP contribution in [0.5, 0.6) is 0 Å². The van der Waals surface area contributed by atoms with Crippen LogP contribution in [-0.4, -0.2) is 55.9 Å². The summed E-state index contributed by atoms with van der Waals surface area (Å²) in [5.41, 5.74) is 2.04. The molecule has 1 fully saturated rings. The highest BCUT2D eigenvalue weighted by atomic mass is 16.1. The van der Waals surface area contributed by atoms with Crippen molar-refractivity contribution in [1.29, 1.82) is 0 Å². The molecular weight excluding hydrogens is 260 g/mol. The van der Waals surface area contributed by atoms with Crippen molar-refractivity contribution in [3.05, 3.63) is 35.4 Å². The molecule has 1 aromatic carbocycles. The Labute approximate surface area is 128 Å². The van der Waals surface area contributed by atoms with Gasteiger partial charge in [0.15, 0.2) is 5.78 Å². The Morgan fingerprint density at radius 1 is 1.24 bits per heavy atom. The van der Waals surface area contributed by atoms with Crippen LogP contribution in [0.25, 0.3) is 0 Å². The number of hydrogen-bond acceptors (Lipinski definition) is 3. The maximum absolute atomic E-state index is 12.2. The van der Waals surface area contributed by atoms with Gasteiger partial charge >= 0.3 is 0 Å². The fourth-order valence-corrected chi connectivity index (χ4v) is 2.95. The van der Waals surface area contributed by atoms with Gasteiger partial charge < -0.3 is 9.80 Å². The van der Waals surface area contributed by atoms with E-state index in [1.54, 1.807) is 0 Å². The largest absolute Gasteiger partial charge is 0.306 e. The number of nitrogens with zero attached hydrogens (tertiary/aromatic N) is 2. The van der Waals surface area contributed by atoms with Crippen LogP contribution >= 0.6 is 0 Å². The second kappa shape index (κ2) is 7.71. The molecule has 1 aromatic rings. The first-order valence-corrected chi connectivity index (χ1v) is 8.01. The summed E-state index contributed by atoms with van der Waals surface area (Å²) in [6, 6.07) is 7.90. The summed E-state index contributed by atoms with van der Waals surface area (Å²) in [5.74, 6) is 1.05. The van der Waals surface area contributed by atoms with E-state index < -0.39 is 0 Å². The van der Waals surface area contributed by atoms with Crippen molar-refractivity contribution in [2.75, 3.05) is 40.3 Å². The van der Waals surface area contributed by atoms with Crippen LogP contribution in [0.15, 0.2) is 24.3 Å². The van der Waals surface area contributed by atoms with Gasteiger partial charge in [-0.2, -0.15) is 0 Å². The molecule has 3 nitrogen and oxygen atoms in total. The number of aryl methyl sites for hydroxylation is 1. The van der Waals surface area contributed by atoms with Crippen molar-refractivity contribution < 1.29 is 4.79 Å². The molecule has 0 spiro atoms. The zero-order valence-electron chi connectivity index (χ0n) is 13.6. The number of carbonyl (C=O) groups is 1. The predicted molar refractivity (Wildman–Crippen MR) is 87.8 cm³/mol. The van der Waals surface area contributed by atoms with Gasteiger partial charge in [-0.1, -0.05) is 29.8 Å². The van der Waals surface area contributed by atoms with Crippen molar-refractivity contribution in [3.8, 4) is 0 Å². The normalized spacial score (nSPS) is 17.3. The molecule has 2 rings (SSSR count). The molecule has 0 unspecified atom stereocenters. The minimum atomic E-state index is 0.255. The lowest BCUT2D eigenvalue weighted by Crippen LogP contribution is -2.36. The second-order valence-corrected chi connectivity index (χ2v) is 6.55. The van der Waals surface area contributed by atoms with Crippen molar-refractivity contribution in [2.45, 2.75) is 26.2 Å². The third-order valence-corrected chi connectivity index (χ3v) is 4.50. The number of benzene rings is 1. The zero-order chi connectivity index (χ0) is 15.2. The fraction of sp³-hybridized carbons (Fsp3) is 0.611. The van der Waals surface area contributed by atoms with Crippen LogP contribution in [-0.2, 0) is 0 Å². The second-order valence-electron chi connectivity index (χ2n) is 6.55. The molecule has 1 heterocycles. The molecule has 21 heavy (non-hydrogen) atoms. The number of ketones is 1. The van der Waals surface area contributed by atoms with Gasteiger partial charge in [0.25, 0.3) is 0 Å². The molecule has 0 atom stereocenters. The van der Waals surface area contributed by atoms with Gasteiger partial charge in [-0.3, -0.25) is 4.79 Å². The van der Waals surface area contributed by atoms with Gasteiger partial charge in [-0.15, -0.1) is 0 Å². The van der Waals surface area contributed by atoms with E-state index >= 15 is 0 Å². The van der Waals surface area contributed by atoms with E-state index in [9.17, 15) is 4.79 Å². The molecule has 0 bridgehead atoms. The lowest BCUT2D eigenvalue weighted by molar-refractivity contribution is 0.0961. The highest BCUT2D eigenvalue weighted by molar-refractivity contribution is 5.96. The van der Waals surface area contributed by atoms with Gasteiger partial charge in [0, 0.05) is 25.1 Å². The van der Waals surface area contributed by atoms with Crippen LogP contribution in [0, 0.1) is 12.8 Å². The Kier molecular flexibility index (Phi) is 5.95. The highest BCUT2D eigenvalue weighted by Crippen LogP contribution is 2.17. The SMILES string of the molecule is Cc1ccc(C(=O)CCN(C)CC2CCN(C)CC2)cc1. The lowest BCUT2D eigenvalue weighted by atomic mass is 9.96. The van der Waals surface area contributed by atoms with E-state index in [0.717, 1.165) is 24.6 Å². The molecule has 116 valence electrons. The molecule has 0 aliphatic carbocycles. The Morgan fingerprint density at radius 2 is 1.86 bits per heavy atom. The van der Waals surface area contributed by atoms with Crippen molar-refractivity contribution >= 4 is 5.78 Å². The van der Waals surface area contributed by atoms with Crippen LogP contribution in [0.3, 0.4) is 0 Å². The smallest absolute Gasteiger partial charge is 0.164 e. The lowest BCUT2D eigenvalue weighted by Gasteiger charge is -2.31. The van der Waals surface area contributed by atoms with E-state index in [1.165, 1.54) is 31.5 Å². The summed E-state index contributed by atoms with van der Waals surface area (Å²) in [5, 5.41) is 0. The standard InChI is InChI=1S/C18H28N2O/c1-15-4-6-17(7-5-15)18(21)10-13-20(3)14-16-8-11-19(2)12-9-16/h4-7,16H,8-14H2,1-3H3. The topological polar surface area (TPSA) is 23.6 Å². The first kappa shape index (κ1) is 16.2. The van der Waals surface area contributed by atoms with Gasteiger partial charge in [-0.05, 0) is 52.9 Å². The van der Waals surface area contributed by atoms with Gasteiger partial charge in [-0.25, -0.2) is 0 Å². The third-order valence-electron chi connectivity index (χ3n) is 4.50. The van der Waals surface area contributed by atoms with Gasteiger partial charge in [0.1, 0.15) is 0 Å². The highest BCUT2D eigenvalue weighted by Gasteiger charge is 2.18. The summed E-state index contributed by atoms with van der Waals surface area (Å²) >= 11 is 0. The summed E-state index contributed by atoms with van der Waals surface area (Å²) in [4.78, 5) is 16.9. The minimum absolute atomic E-state index is 0.255. The Bertz CT molecular complexity index is 447. The summed E-state index contributed by atoms with van der Waals surface area (Å²) in [6.07, 6.45) is 3.19. The van der Waals surface area contributed by atoms with Crippen LogP contribution in [0.2, 0.25) is 0 Å². The molecule has 0 aromatic heterocycles. The average Bonchev–Trinajstić information content (AvgIpc) is 2.48. The molecule has 0 radical (unpaired) electrons. The number of likely N-dealkylation sites (tertiary alicyclic amines) is 1. The maximum atomic E-state index is 12.2. The van der Waals surface area contributed by atoms with Crippen molar-refractivity contribution in [1.82, 2.24) is 9.80 Å². The molecule has 3 heteroatoms. The monoisotopic (exact) mass is 288 g/mol. The summed E-state index contributed by atoms with van der Waals surface area (Å²) in [7, 11) is 4.33. The zero-order valence-corrected chi connectivity index (χ0v) is 13.6. The predicted octanol–water partition coefficient (Wildman–Crippen LogP) is 2.84. The van der Waals surface area contributed by atoms with Gasteiger partial charge in [0.2, 0.25) is 0 Å². The number of piperidine rings is 1. The first-order chi connectivity index (χ1) is 10.0. The van der Waals surface area contributed by atoms with Crippen molar-refractivity contribution in [3.63, 3.8) is 0 Å². The number of rotatable bonds is 6. The first-order valence-electron chi connectivity index (χ1n) is 8.01. The number of Topliss-reactive ketones (excluding diaryl/α,β-unsaturated/α-hetero) is 1. The Balaban J connectivity index is 1.72. The van der Waals surface area contributed by atoms with E-state index in [1.807, 2.05) is 31.2 Å². The van der Waals surface area contributed by atoms with E-state index in [4.69, 9.17) is 0 Å². The van der Waals surface area contributed by atoms with E-state index in [2.05, 4.69) is 23.9 Å². The molecular formula is C18H28N2O. The van der Waals surface area contributed by atoms with Crippen molar-refractivity contribution in [2.24, 2.45) is 5.92 Å². The quantitative estimate of drug-likeness (QED) is 0.752. The van der Waals surface area contributed by atoms with Gasteiger partial charge in [0.05, 0.1) is 0 Å². The number of carbonyl (C=O) groups excluding carboxylic acids is 1. The minimum Gasteiger partial charge on any atom is -0.306 e. The van der Waals surface area contributed by atoms with E-state index in [-0.39, 0.29) is 5.78 Å². The number of hydrogen-bond donors (Lipinski definition) is 0. The van der Waals surface area contributed by atoms with Crippen LogP contribution in [0.4, 0.5) is 0 Å². The molecule has 1 aliphatic rings. The molecule has 1 saturated heterocycles. The fourth-order valence-electron chi connectivity index (χ4n) is 2.95.